The number of amides is 1. The first-order valence-electron chi connectivity index (χ1n) is 12.7. The van der Waals surface area contributed by atoms with Crippen LogP contribution in [0.15, 0.2) is 22.7 Å². The number of hydrogen-bond donors (Lipinski definition) is 1. The summed E-state index contributed by atoms with van der Waals surface area (Å²) in [6, 6.07) is 4.77. The van der Waals surface area contributed by atoms with E-state index in [-0.39, 0.29) is 54.7 Å². The van der Waals surface area contributed by atoms with Crippen molar-refractivity contribution in [2.75, 3.05) is 39.5 Å². The van der Waals surface area contributed by atoms with Crippen molar-refractivity contribution < 1.29 is 27.8 Å². The van der Waals surface area contributed by atoms with Crippen molar-refractivity contribution in [1.29, 1.82) is 0 Å². The maximum absolute atomic E-state index is 14.2. The number of halogens is 3. The van der Waals surface area contributed by atoms with Crippen molar-refractivity contribution in [2.45, 2.75) is 44.8 Å². The molecule has 9 heteroatoms. The van der Waals surface area contributed by atoms with Gasteiger partial charge < -0.3 is 14.8 Å². The van der Waals surface area contributed by atoms with Gasteiger partial charge in [-0.1, -0.05) is 22.0 Å². The van der Waals surface area contributed by atoms with E-state index < -0.39 is 18.0 Å². The molecule has 6 nitrogen and oxygen atoms in total. The third kappa shape index (κ3) is 5.14. The third-order valence-corrected chi connectivity index (χ3v) is 9.12. The number of alkyl halides is 1. The molecule has 1 amide bonds. The number of benzene rings is 1. The Morgan fingerprint density at radius 2 is 1.89 bits per heavy atom. The lowest BCUT2D eigenvalue weighted by molar-refractivity contribution is -0.157. The molecule has 3 aliphatic carbocycles. The number of esters is 1. The molecule has 1 saturated heterocycles. The third-order valence-electron chi connectivity index (χ3n) is 8.63. The molecule has 1 aromatic carbocycles. The highest BCUT2D eigenvalue weighted by atomic mass is 79.9. The zero-order chi connectivity index (χ0) is 24.6. The minimum atomic E-state index is -0.744. The number of rotatable bonds is 10. The lowest BCUT2D eigenvalue weighted by Crippen LogP contribution is -2.42. The van der Waals surface area contributed by atoms with Crippen molar-refractivity contribution in [2.24, 2.45) is 29.1 Å². The second-order valence-electron chi connectivity index (χ2n) is 10.5. The minimum absolute atomic E-state index is 0.0919. The monoisotopic (exact) mass is 554 g/mol. The summed E-state index contributed by atoms with van der Waals surface area (Å²) in [6.07, 6.45) is 3.88. The number of carbonyl (C=O) groups is 2. The Hall–Kier alpha value is -1.58. The molecule has 4 aliphatic rings. The van der Waals surface area contributed by atoms with Crippen LogP contribution in [0.5, 0.6) is 0 Å². The molecule has 1 aromatic rings. The summed E-state index contributed by atoms with van der Waals surface area (Å²) in [5.74, 6) is -1.37. The summed E-state index contributed by atoms with van der Waals surface area (Å²) < 4.78 is 39.3. The van der Waals surface area contributed by atoms with Crippen molar-refractivity contribution in [3.05, 3.63) is 34.1 Å². The molecule has 3 saturated carbocycles. The Balaban J connectivity index is 1.13. The Morgan fingerprint density at radius 1 is 1.11 bits per heavy atom. The van der Waals surface area contributed by atoms with E-state index in [4.69, 9.17) is 9.47 Å². The fourth-order valence-electron chi connectivity index (χ4n) is 6.87. The number of ether oxygens (including phenoxy) is 2. The first-order chi connectivity index (χ1) is 16.9. The molecule has 1 spiro atoms. The minimum Gasteiger partial charge on any atom is -0.463 e. The van der Waals surface area contributed by atoms with E-state index in [9.17, 15) is 18.4 Å². The molecule has 5 atom stereocenters. The van der Waals surface area contributed by atoms with Crippen LogP contribution < -0.4 is 5.32 Å². The second kappa shape index (κ2) is 10.4. The van der Waals surface area contributed by atoms with Gasteiger partial charge in [0.2, 0.25) is 5.91 Å². The second-order valence-corrected chi connectivity index (χ2v) is 11.4. The molecule has 2 bridgehead atoms. The zero-order valence-electron chi connectivity index (χ0n) is 19.8. The summed E-state index contributed by atoms with van der Waals surface area (Å²) in [7, 11) is 0. The van der Waals surface area contributed by atoms with E-state index >= 15 is 0 Å². The van der Waals surface area contributed by atoms with Gasteiger partial charge >= 0.3 is 5.97 Å². The van der Waals surface area contributed by atoms with Gasteiger partial charge in [-0.25, -0.2) is 8.78 Å². The van der Waals surface area contributed by atoms with E-state index in [1.165, 1.54) is 6.07 Å². The maximum atomic E-state index is 14.2. The molecule has 0 aromatic heterocycles. The predicted octanol–water partition coefficient (Wildman–Crippen LogP) is 3.86. The Morgan fingerprint density at radius 3 is 2.57 bits per heavy atom. The van der Waals surface area contributed by atoms with E-state index in [1.54, 1.807) is 12.1 Å². The molecule has 1 N–H and O–H groups in total. The summed E-state index contributed by atoms with van der Waals surface area (Å²) in [5.41, 5.74) is 0.521. The largest absolute Gasteiger partial charge is 0.463 e. The van der Waals surface area contributed by atoms with Crippen LogP contribution in [0.3, 0.4) is 0 Å². The van der Waals surface area contributed by atoms with Crippen LogP contribution in [0.25, 0.3) is 0 Å². The Kier molecular flexibility index (Phi) is 7.47. The zero-order valence-corrected chi connectivity index (χ0v) is 21.4. The fraction of sp³-hybridized carbons (Fsp3) is 0.692. The molecule has 1 aliphatic heterocycles. The lowest BCUT2D eigenvalue weighted by Gasteiger charge is -2.28. The van der Waals surface area contributed by atoms with Crippen LogP contribution in [0.4, 0.5) is 8.78 Å². The topological polar surface area (TPSA) is 67.9 Å². The van der Waals surface area contributed by atoms with Gasteiger partial charge in [0.15, 0.2) is 0 Å². The molecule has 5 rings (SSSR count). The van der Waals surface area contributed by atoms with Gasteiger partial charge in [-0.15, -0.1) is 0 Å². The van der Waals surface area contributed by atoms with E-state index in [0.717, 1.165) is 32.2 Å². The molecular formula is C26H33BrF2N2O4. The first kappa shape index (κ1) is 25.1. The highest BCUT2D eigenvalue weighted by Crippen LogP contribution is 2.74. The van der Waals surface area contributed by atoms with Crippen molar-refractivity contribution in [3.8, 4) is 0 Å². The van der Waals surface area contributed by atoms with Gasteiger partial charge in [0.05, 0.1) is 25.0 Å². The average Bonchev–Trinajstić information content (AvgIpc) is 3.32. The highest BCUT2D eigenvalue weighted by Gasteiger charge is 2.71. The van der Waals surface area contributed by atoms with Gasteiger partial charge in [-0.3, -0.25) is 14.5 Å². The number of carbonyl (C=O) groups excluding carboxylic acids is 2. The number of likely N-dealkylation sites (tertiary alicyclic amines) is 1. The SMILES string of the molecule is O=C(OCCOCCN1CC[C@H](F)C1)[C@H]1[C@H](C(=O)NCc2ccc(Br)cc2F)[C@@H]2CC[C@H]1C21CC1. The van der Waals surface area contributed by atoms with Crippen LogP contribution in [0.2, 0.25) is 0 Å². The van der Waals surface area contributed by atoms with Gasteiger partial charge in [-0.2, -0.15) is 0 Å². The van der Waals surface area contributed by atoms with Crippen LogP contribution in [-0.4, -0.2) is 62.4 Å². The fourth-order valence-corrected chi connectivity index (χ4v) is 7.21. The van der Waals surface area contributed by atoms with Crippen LogP contribution in [-0.2, 0) is 25.6 Å². The first-order valence-corrected chi connectivity index (χ1v) is 13.5. The summed E-state index contributed by atoms with van der Waals surface area (Å²) in [6.45, 7) is 2.87. The average molecular weight is 555 g/mol. The number of nitrogens with one attached hydrogen (secondary N) is 1. The van der Waals surface area contributed by atoms with Gasteiger partial charge in [0.25, 0.3) is 0 Å². The maximum Gasteiger partial charge on any atom is 0.310 e. The number of hydrogen-bond acceptors (Lipinski definition) is 5. The van der Waals surface area contributed by atoms with Crippen molar-refractivity contribution in [1.82, 2.24) is 10.2 Å². The Bertz CT molecular complexity index is 959. The summed E-state index contributed by atoms with van der Waals surface area (Å²) in [4.78, 5) is 28.4. The standard InChI is InChI=1S/C26H33BrF2N2O4/c27-17-2-1-16(21(29)13-17)14-30-24(32)22-19-3-4-20(26(19)6-7-26)23(22)25(33)35-12-11-34-10-9-31-8-5-18(28)15-31/h1-2,13,18-20,22-23H,3-12,14-15H2,(H,30,32)/t18-,19-,20+,22+,23+/m0/s1. The predicted molar refractivity (Wildman–Crippen MR) is 129 cm³/mol. The molecule has 192 valence electrons. The van der Waals surface area contributed by atoms with Crippen LogP contribution in [0, 0.1) is 34.9 Å². The molecule has 35 heavy (non-hydrogen) atoms. The van der Waals surface area contributed by atoms with Gasteiger partial charge in [0, 0.05) is 36.2 Å². The number of nitrogens with zero attached hydrogens (tertiary/aromatic N) is 1. The summed E-state index contributed by atoms with van der Waals surface area (Å²) in [5, 5.41) is 2.89. The van der Waals surface area contributed by atoms with E-state index in [1.807, 2.05) is 4.90 Å². The van der Waals surface area contributed by atoms with Crippen molar-refractivity contribution >= 4 is 27.8 Å². The van der Waals surface area contributed by atoms with Crippen LogP contribution in [0.1, 0.15) is 37.7 Å². The smallest absolute Gasteiger partial charge is 0.310 e. The molecule has 4 fully saturated rings. The highest BCUT2D eigenvalue weighted by molar-refractivity contribution is 9.10. The molecule has 1 heterocycles. The van der Waals surface area contributed by atoms with Crippen LogP contribution >= 0.6 is 15.9 Å². The molecule has 0 radical (unpaired) electrons. The molecule has 0 unspecified atom stereocenters. The lowest BCUT2D eigenvalue weighted by atomic mass is 9.78. The van der Waals surface area contributed by atoms with Gasteiger partial charge in [-0.05, 0) is 61.5 Å². The Labute approximate surface area is 213 Å². The summed E-state index contributed by atoms with van der Waals surface area (Å²) >= 11 is 3.24. The quantitative estimate of drug-likeness (QED) is 0.351. The molecular weight excluding hydrogens is 522 g/mol. The van der Waals surface area contributed by atoms with Gasteiger partial charge in [0.1, 0.15) is 18.6 Å². The normalized spacial score (nSPS) is 30.7. The van der Waals surface area contributed by atoms with Crippen molar-refractivity contribution in [3.63, 3.8) is 0 Å². The van der Waals surface area contributed by atoms with E-state index in [0.29, 0.717) is 36.2 Å². The van der Waals surface area contributed by atoms with E-state index in [2.05, 4.69) is 21.2 Å².